The summed E-state index contributed by atoms with van der Waals surface area (Å²) in [6.45, 7) is 2.11. The lowest BCUT2D eigenvalue weighted by atomic mass is 10.1. The molecule has 0 saturated carbocycles. The van der Waals surface area contributed by atoms with Crippen molar-refractivity contribution >= 4 is 5.57 Å². The maximum Gasteiger partial charge on any atom is 0.0716 e. The average Bonchev–Trinajstić information content (AvgIpc) is 2.20. The second kappa shape index (κ2) is 3.44. The summed E-state index contributed by atoms with van der Waals surface area (Å²) in [5.41, 5.74) is 2.15. The Morgan fingerprint density at radius 2 is 2.31 bits per heavy atom. The van der Waals surface area contributed by atoms with Gasteiger partial charge in [-0.3, -0.25) is 4.98 Å². The first kappa shape index (κ1) is 8.05. The van der Waals surface area contributed by atoms with Gasteiger partial charge in [-0.05, 0) is 19.1 Å². The average molecular weight is 172 g/mol. The highest BCUT2D eigenvalue weighted by Crippen LogP contribution is 2.14. The van der Waals surface area contributed by atoms with Crippen LogP contribution in [0.4, 0.5) is 0 Å². The van der Waals surface area contributed by atoms with E-state index in [2.05, 4.69) is 29.4 Å². The molecule has 2 heterocycles. The number of hydrogen-bond donors (Lipinski definition) is 1. The third-order valence-electron chi connectivity index (χ3n) is 2.03. The SMILES string of the molecule is CC1C=CC(c2ccccn2)=CN1. The Labute approximate surface area is 78.0 Å². The molecule has 0 amide bonds. The van der Waals surface area contributed by atoms with E-state index in [0.717, 1.165) is 11.3 Å². The molecule has 2 nitrogen and oxygen atoms in total. The van der Waals surface area contributed by atoms with Crippen molar-refractivity contribution in [2.45, 2.75) is 13.0 Å². The molecule has 0 fully saturated rings. The molecule has 0 bridgehead atoms. The van der Waals surface area contributed by atoms with Crippen molar-refractivity contribution in [1.82, 2.24) is 10.3 Å². The van der Waals surface area contributed by atoms with Gasteiger partial charge >= 0.3 is 0 Å². The second-order valence-electron chi connectivity index (χ2n) is 3.13. The molecular formula is C11H12N2. The van der Waals surface area contributed by atoms with Crippen LogP contribution >= 0.6 is 0 Å². The first-order chi connectivity index (χ1) is 6.36. The lowest BCUT2D eigenvalue weighted by molar-refractivity contribution is 0.763. The van der Waals surface area contributed by atoms with Gasteiger partial charge < -0.3 is 5.32 Å². The molecule has 1 N–H and O–H groups in total. The molecule has 1 aliphatic heterocycles. The smallest absolute Gasteiger partial charge is 0.0716 e. The van der Waals surface area contributed by atoms with Crippen molar-refractivity contribution < 1.29 is 0 Å². The van der Waals surface area contributed by atoms with Gasteiger partial charge in [0.1, 0.15) is 0 Å². The van der Waals surface area contributed by atoms with Crippen LogP contribution in [0.2, 0.25) is 0 Å². The summed E-state index contributed by atoms with van der Waals surface area (Å²) >= 11 is 0. The minimum absolute atomic E-state index is 0.424. The second-order valence-corrected chi connectivity index (χ2v) is 3.13. The molecule has 1 aromatic heterocycles. The van der Waals surface area contributed by atoms with Crippen molar-refractivity contribution in [1.29, 1.82) is 0 Å². The number of dihydropyridines is 1. The molecule has 0 radical (unpaired) electrons. The van der Waals surface area contributed by atoms with Gasteiger partial charge in [0, 0.05) is 24.0 Å². The summed E-state index contributed by atoms with van der Waals surface area (Å²) in [6, 6.07) is 6.35. The van der Waals surface area contributed by atoms with Crippen molar-refractivity contribution in [3.05, 3.63) is 48.4 Å². The van der Waals surface area contributed by atoms with Crippen molar-refractivity contribution in [3.8, 4) is 0 Å². The molecule has 1 aliphatic rings. The van der Waals surface area contributed by atoms with Gasteiger partial charge in [-0.2, -0.15) is 0 Å². The van der Waals surface area contributed by atoms with Gasteiger partial charge in [0.2, 0.25) is 0 Å². The maximum absolute atomic E-state index is 4.27. The third-order valence-corrected chi connectivity index (χ3v) is 2.03. The van der Waals surface area contributed by atoms with Crippen molar-refractivity contribution in [3.63, 3.8) is 0 Å². The van der Waals surface area contributed by atoms with Crippen LogP contribution in [0.3, 0.4) is 0 Å². The molecule has 1 atom stereocenters. The van der Waals surface area contributed by atoms with E-state index in [-0.39, 0.29) is 0 Å². The van der Waals surface area contributed by atoms with Crippen molar-refractivity contribution in [2.24, 2.45) is 0 Å². The number of aromatic nitrogens is 1. The Kier molecular flexibility index (Phi) is 2.13. The Balaban J connectivity index is 2.25. The number of allylic oxidation sites excluding steroid dienone is 2. The Morgan fingerprint density at radius 1 is 1.38 bits per heavy atom. The van der Waals surface area contributed by atoms with Crippen LogP contribution in [0.15, 0.2) is 42.7 Å². The first-order valence-electron chi connectivity index (χ1n) is 4.42. The highest BCUT2D eigenvalue weighted by atomic mass is 14.9. The molecule has 0 saturated heterocycles. The third kappa shape index (κ3) is 1.78. The highest BCUT2D eigenvalue weighted by Gasteiger charge is 2.04. The van der Waals surface area contributed by atoms with Crippen LogP contribution < -0.4 is 5.32 Å². The summed E-state index contributed by atoms with van der Waals surface area (Å²) in [5, 5.41) is 3.24. The Bertz CT molecular complexity index is 338. The van der Waals surface area contributed by atoms with Gasteiger partial charge in [-0.1, -0.05) is 18.2 Å². The highest BCUT2D eigenvalue weighted by molar-refractivity contribution is 5.72. The lowest BCUT2D eigenvalue weighted by Gasteiger charge is -2.13. The number of nitrogens with zero attached hydrogens (tertiary/aromatic N) is 1. The quantitative estimate of drug-likeness (QED) is 0.700. The number of nitrogens with one attached hydrogen (secondary N) is 1. The van der Waals surface area contributed by atoms with E-state index in [9.17, 15) is 0 Å². The fourth-order valence-electron chi connectivity index (χ4n) is 1.27. The molecule has 66 valence electrons. The zero-order valence-electron chi connectivity index (χ0n) is 7.57. The molecular weight excluding hydrogens is 160 g/mol. The molecule has 0 spiro atoms. The summed E-state index contributed by atoms with van der Waals surface area (Å²) in [7, 11) is 0. The topological polar surface area (TPSA) is 24.9 Å². The normalized spacial score (nSPS) is 20.7. The minimum atomic E-state index is 0.424. The van der Waals surface area contributed by atoms with Crippen LogP contribution in [-0.2, 0) is 0 Å². The van der Waals surface area contributed by atoms with Crippen LogP contribution in [0.5, 0.6) is 0 Å². The first-order valence-corrected chi connectivity index (χ1v) is 4.42. The van der Waals surface area contributed by atoms with Gasteiger partial charge in [-0.15, -0.1) is 0 Å². The van der Waals surface area contributed by atoms with E-state index < -0.39 is 0 Å². The number of hydrogen-bond acceptors (Lipinski definition) is 2. The summed E-state index contributed by atoms with van der Waals surface area (Å²) in [6.07, 6.45) is 8.04. The lowest BCUT2D eigenvalue weighted by Crippen LogP contribution is -2.20. The fraction of sp³-hybridized carbons (Fsp3) is 0.182. The summed E-state index contributed by atoms with van der Waals surface area (Å²) in [5.74, 6) is 0. The Hall–Kier alpha value is -1.57. The zero-order chi connectivity index (χ0) is 9.10. The zero-order valence-corrected chi connectivity index (χ0v) is 7.57. The minimum Gasteiger partial charge on any atom is -0.384 e. The van der Waals surface area contributed by atoms with Crippen LogP contribution in [-0.4, -0.2) is 11.0 Å². The van der Waals surface area contributed by atoms with Crippen LogP contribution in [0.1, 0.15) is 12.6 Å². The van der Waals surface area contributed by atoms with E-state index in [1.807, 2.05) is 30.6 Å². The number of rotatable bonds is 1. The molecule has 0 aromatic carbocycles. The van der Waals surface area contributed by atoms with Gasteiger partial charge in [0.25, 0.3) is 0 Å². The molecule has 2 rings (SSSR count). The van der Waals surface area contributed by atoms with E-state index in [4.69, 9.17) is 0 Å². The van der Waals surface area contributed by atoms with Gasteiger partial charge in [0.05, 0.1) is 5.69 Å². The van der Waals surface area contributed by atoms with Gasteiger partial charge in [-0.25, -0.2) is 0 Å². The summed E-state index contributed by atoms with van der Waals surface area (Å²) in [4.78, 5) is 4.27. The van der Waals surface area contributed by atoms with Crippen LogP contribution in [0, 0.1) is 0 Å². The molecule has 13 heavy (non-hydrogen) atoms. The standard InChI is InChI=1S/C11H12N2/c1-9-5-6-10(8-13-9)11-4-2-3-7-12-11/h2-9,13H,1H3. The van der Waals surface area contributed by atoms with E-state index in [0.29, 0.717) is 6.04 Å². The largest absolute Gasteiger partial charge is 0.384 e. The predicted octanol–water partition coefficient (Wildman–Crippen LogP) is 1.97. The summed E-state index contributed by atoms with van der Waals surface area (Å²) < 4.78 is 0. The Morgan fingerprint density at radius 3 is 2.92 bits per heavy atom. The van der Waals surface area contributed by atoms with Crippen molar-refractivity contribution in [2.75, 3.05) is 0 Å². The molecule has 2 heteroatoms. The van der Waals surface area contributed by atoms with E-state index in [1.54, 1.807) is 0 Å². The fourth-order valence-corrected chi connectivity index (χ4v) is 1.27. The monoisotopic (exact) mass is 172 g/mol. The van der Waals surface area contributed by atoms with E-state index >= 15 is 0 Å². The molecule has 1 unspecified atom stereocenters. The van der Waals surface area contributed by atoms with Crippen LogP contribution in [0.25, 0.3) is 5.57 Å². The predicted molar refractivity (Wildman–Crippen MR) is 54.0 cm³/mol. The maximum atomic E-state index is 4.27. The molecule has 0 aliphatic carbocycles. The number of pyridine rings is 1. The molecule has 1 aromatic rings. The van der Waals surface area contributed by atoms with E-state index in [1.165, 1.54) is 0 Å². The van der Waals surface area contributed by atoms with Gasteiger partial charge in [0.15, 0.2) is 0 Å².